The Morgan fingerprint density at radius 3 is 2.87 bits per heavy atom. The topological polar surface area (TPSA) is 24.4 Å². The van der Waals surface area contributed by atoms with Gasteiger partial charge in [-0.15, -0.1) is 0 Å². The van der Waals surface area contributed by atoms with Crippen molar-refractivity contribution < 1.29 is 0 Å². The van der Waals surface area contributed by atoms with Gasteiger partial charge >= 0.3 is 0 Å². The molecule has 1 unspecified atom stereocenters. The summed E-state index contributed by atoms with van der Waals surface area (Å²) in [5, 5.41) is 4.22. The molecule has 2 rings (SSSR count). The van der Waals surface area contributed by atoms with Crippen molar-refractivity contribution in [3.8, 4) is 0 Å². The van der Waals surface area contributed by atoms with Crippen LogP contribution in [0.25, 0.3) is 0 Å². The summed E-state index contributed by atoms with van der Waals surface area (Å²) in [5.74, 6) is 1.11. The molecule has 0 fully saturated rings. The molecule has 0 saturated carbocycles. The largest absolute Gasteiger partial charge is 0.367 e. The molecule has 1 aliphatic rings. The van der Waals surface area contributed by atoms with E-state index in [0.29, 0.717) is 0 Å². The molecule has 1 heterocycles. The molecule has 1 aromatic rings. The fourth-order valence-electron chi connectivity index (χ4n) is 1.81. The summed E-state index contributed by atoms with van der Waals surface area (Å²) in [5.41, 5.74) is 1.13. The summed E-state index contributed by atoms with van der Waals surface area (Å²) in [6.45, 7) is 3.07. The van der Waals surface area contributed by atoms with Crippen LogP contribution in [0.4, 0.5) is 0 Å². The second kappa shape index (κ2) is 4.67. The maximum atomic E-state index is 6.12. The highest BCUT2D eigenvalue weighted by atomic mass is 35.5. The number of aliphatic imine (C=N–C) groups is 1. The van der Waals surface area contributed by atoms with Crippen LogP contribution < -0.4 is 5.32 Å². The fraction of sp³-hybridized carbons (Fsp3) is 0.417. The summed E-state index contributed by atoms with van der Waals surface area (Å²) < 4.78 is 0. The van der Waals surface area contributed by atoms with Gasteiger partial charge in [-0.05, 0) is 25.0 Å². The predicted octanol–water partition coefficient (Wildman–Crippen LogP) is 3.18. The molecule has 1 atom stereocenters. The van der Waals surface area contributed by atoms with Gasteiger partial charge in [0.25, 0.3) is 0 Å². The van der Waals surface area contributed by atoms with Gasteiger partial charge in [0.05, 0.1) is 11.9 Å². The Hall–Kier alpha value is -1.02. The van der Waals surface area contributed by atoms with Crippen LogP contribution in [-0.2, 0) is 0 Å². The zero-order valence-electron chi connectivity index (χ0n) is 8.83. The van der Waals surface area contributed by atoms with E-state index in [1.807, 2.05) is 18.2 Å². The molecule has 15 heavy (non-hydrogen) atoms. The lowest BCUT2D eigenvalue weighted by atomic mass is 10.1. The van der Waals surface area contributed by atoms with Gasteiger partial charge < -0.3 is 5.32 Å². The van der Waals surface area contributed by atoms with Crippen molar-refractivity contribution in [2.45, 2.75) is 25.8 Å². The third kappa shape index (κ3) is 2.51. The first-order valence-corrected chi connectivity index (χ1v) is 5.69. The third-order valence-corrected chi connectivity index (χ3v) is 2.97. The molecule has 0 aliphatic carbocycles. The molecule has 0 radical (unpaired) electrons. The highest BCUT2D eigenvalue weighted by Gasteiger charge is 2.12. The number of amidine groups is 1. The van der Waals surface area contributed by atoms with Crippen LogP contribution in [0.3, 0.4) is 0 Å². The van der Waals surface area contributed by atoms with Gasteiger partial charge in [0, 0.05) is 18.0 Å². The van der Waals surface area contributed by atoms with Crippen LogP contribution in [0.5, 0.6) is 0 Å². The smallest absolute Gasteiger partial charge is 0.0968 e. The summed E-state index contributed by atoms with van der Waals surface area (Å²) in [6, 6.07) is 8.17. The average molecular weight is 223 g/mol. The lowest BCUT2D eigenvalue weighted by Crippen LogP contribution is -2.25. The van der Waals surface area contributed by atoms with Crippen molar-refractivity contribution in [3.63, 3.8) is 0 Å². The maximum Gasteiger partial charge on any atom is 0.0968 e. The first-order valence-electron chi connectivity index (χ1n) is 5.31. The van der Waals surface area contributed by atoms with E-state index in [4.69, 9.17) is 11.6 Å². The van der Waals surface area contributed by atoms with Crippen molar-refractivity contribution in [1.29, 1.82) is 0 Å². The number of hydrogen-bond donors (Lipinski definition) is 1. The SMILES string of the molecule is CC(NC1=NCCC1)c1ccccc1Cl. The summed E-state index contributed by atoms with van der Waals surface area (Å²) in [6.07, 6.45) is 2.23. The standard InChI is InChI=1S/C12H15ClN2/c1-9(15-12-7-4-8-14-12)10-5-2-3-6-11(10)13/h2-3,5-6,9H,4,7-8H2,1H3,(H,14,15). The zero-order valence-corrected chi connectivity index (χ0v) is 9.59. The molecule has 1 aromatic carbocycles. The Kier molecular flexibility index (Phi) is 3.27. The second-order valence-corrected chi connectivity index (χ2v) is 4.23. The Bertz CT molecular complexity index is 374. The van der Waals surface area contributed by atoms with Crippen LogP contribution in [0.1, 0.15) is 31.4 Å². The highest BCUT2D eigenvalue weighted by molar-refractivity contribution is 6.31. The van der Waals surface area contributed by atoms with E-state index in [2.05, 4.69) is 23.3 Å². The molecule has 1 N–H and O–H groups in total. The lowest BCUT2D eigenvalue weighted by molar-refractivity contribution is 0.709. The average Bonchev–Trinajstić information content (AvgIpc) is 2.71. The van der Waals surface area contributed by atoms with Crippen molar-refractivity contribution >= 4 is 17.4 Å². The highest BCUT2D eigenvalue weighted by Crippen LogP contribution is 2.22. The van der Waals surface area contributed by atoms with Gasteiger partial charge in [-0.1, -0.05) is 29.8 Å². The minimum absolute atomic E-state index is 0.232. The number of rotatable bonds is 2. The minimum atomic E-state index is 0.232. The van der Waals surface area contributed by atoms with E-state index < -0.39 is 0 Å². The van der Waals surface area contributed by atoms with Gasteiger partial charge in [0.15, 0.2) is 0 Å². The fourth-order valence-corrected chi connectivity index (χ4v) is 2.11. The number of halogens is 1. The first kappa shape index (κ1) is 10.5. The quantitative estimate of drug-likeness (QED) is 0.817. The molecule has 3 heteroatoms. The number of hydrogen-bond acceptors (Lipinski definition) is 2. The van der Waals surface area contributed by atoms with Crippen LogP contribution >= 0.6 is 11.6 Å². The Morgan fingerprint density at radius 1 is 1.40 bits per heavy atom. The van der Waals surface area contributed by atoms with E-state index in [1.54, 1.807) is 0 Å². The normalized spacial score (nSPS) is 17.3. The molecular weight excluding hydrogens is 208 g/mol. The molecule has 0 saturated heterocycles. The maximum absolute atomic E-state index is 6.12. The summed E-state index contributed by atoms with van der Waals surface area (Å²) in [7, 11) is 0. The second-order valence-electron chi connectivity index (χ2n) is 3.82. The molecule has 0 amide bonds. The number of benzene rings is 1. The van der Waals surface area contributed by atoms with Gasteiger partial charge in [-0.25, -0.2) is 0 Å². The van der Waals surface area contributed by atoms with E-state index in [-0.39, 0.29) is 6.04 Å². The van der Waals surface area contributed by atoms with Gasteiger partial charge in [-0.2, -0.15) is 0 Å². The summed E-state index contributed by atoms with van der Waals surface area (Å²) >= 11 is 6.12. The van der Waals surface area contributed by atoms with Gasteiger partial charge in [0.1, 0.15) is 0 Å². The van der Waals surface area contributed by atoms with E-state index in [0.717, 1.165) is 35.8 Å². The lowest BCUT2D eigenvalue weighted by Gasteiger charge is -2.16. The van der Waals surface area contributed by atoms with E-state index in [1.165, 1.54) is 0 Å². The third-order valence-electron chi connectivity index (χ3n) is 2.63. The van der Waals surface area contributed by atoms with Crippen molar-refractivity contribution in [2.75, 3.05) is 6.54 Å². The monoisotopic (exact) mass is 222 g/mol. The predicted molar refractivity (Wildman–Crippen MR) is 64.5 cm³/mol. The van der Waals surface area contributed by atoms with Crippen molar-refractivity contribution in [2.24, 2.45) is 4.99 Å². The molecule has 2 nitrogen and oxygen atoms in total. The Morgan fingerprint density at radius 2 is 2.20 bits per heavy atom. The van der Waals surface area contributed by atoms with E-state index in [9.17, 15) is 0 Å². The minimum Gasteiger partial charge on any atom is -0.367 e. The van der Waals surface area contributed by atoms with Crippen LogP contribution in [0.15, 0.2) is 29.3 Å². The Balaban J connectivity index is 2.07. The zero-order chi connectivity index (χ0) is 10.7. The van der Waals surface area contributed by atoms with Crippen LogP contribution in [0, 0.1) is 0 Å². The number of nitrogens with zero attached hydrogens (tertiary/aromatic N) is 1. The number of nitrogens with one attached hydrogen (secondary N) is 1. The molecule has 1 aliphatic heterocycles. The molecule has 0 aromatic heterocycles. The Labute approximate surface area is 95.4 Å². The van der Waals surface area contributed by atoms with Crippen molar-refractivity contribution in [3.05, 3.63) is 34.9 Å². The van der Waals surface area contributed by atoms with Gasteiger partial charge in [0.2, 0.25) is 0 Å². The molecule has 0 bridgehead atoms. The van der Waals surface area contributed by atoms with Gasteiger partial charge in [-0.3, -0.25) is 4.99 Å². The molecular formula is C12H15ClN2. The van der Waals surface area contributed by atoms with Crippen LogP contribution in [0.2, 0.25) is 5.02 Å². The summed E-state index contributed by atoms with van der Waals surface area (Å²) in [4.78, 5) is 4.39. The first-order chi connectivity index (χ1) is 7.27. The van der Waals surface area contributed by atoms with Crippen molar-refractivity contribution in [1.82, 2.24) is 5.32 Å². The van der Waals surface area contributed by atoms with E-state index >= 15 is 0 Å². The van der Waals surface area contributed by atoms with Crippen LogP contribution in [-0.4, -0.2) is 12.4 Å². The molecule has 0 spiro atoms. The molecule has 80 valence electrons.